The van der Waals surface area contributed by atoms with E-state index in [9.17, 15) is 4.79 Å². The number of piperidine rings is 1. The summed E-state index contributed by atoms with van der Waals surface area (Å²) >= 11 is 0. The van der Waals surface area contributed by atoms with Gasteiger partial charge in [-0.3, -0.25) is 4.79 Å². The summed E-state index contributed by atoms with van der Waals surface area (Å²) in [6.45, 7) is 7.80. The van der Waals surface area contributed by atoms with E-state index in [0.29, 0.717) is 19.1 Å². The van der Waals surface area contributed by atoms with Crippen LogP contribution in [0.5, 0.6) is 0 Å². The van der Waals surface area contributed by atoms with E-state index in [0.717, 1.165) is 25.8 Å². The third-order valence-corrected chi connectivity index (χ3v) is 2.91. The van der Waals surface area contributed by atoms with Crippen LogP contribution in [0.3, 0.4) is 0 Å². The lowest BCUT2D eigenvalue weighted by Crippen LogP contribution is -2.51. The van der Waals surface area contributed by atoms with E-state index >= 15 is 0 Å². The number of carbonyl (C=O) groups is 1. The first-order chi connectivity index (χ1) is 7.75. The lowest BCUT2D eigenvalue weighted by molar-refractivity contribution is -0.124. The summed E-state index contributed by atoms with van der Waals surface area (Å²) < 4.78 is 4.98. The van der Waals surface area contributed by atoms with Gasteiger partial charge in [0.2, 0.25) is 5.91 Å². The predicted octanol–water partition coefficient (Wildman–Crippen LogP) is 1.04. The quantitative estimate of drug-likeness (QED) is 0.525. The average molecular weight is 226 g/mol. The van der Waals surface area contributed by atoms with Crippen LogP contribution < -0.4 is 10.6 Å². The third kappa shape index (κ3) is 4.23. The highest BCUT2D eigenvalue weighted by Crippen LogP contribution is 2.15. The van der Waals surface area contributed by atoms with Crippen LogP contribution >= 0.6 is 0 Å². The van der Waals surface area contributed by atoms with Crippen molar-refractivity contribution in [1.29, 1.82) is 0 Å². The molecule has 4 nitrogen and oxygen atoms in total. The van der Waals surface area contributed by atoms with Gasteiger partial charge in [-0.2, -0.15) is 0 Å². The number of amides is 1. The Labute approximate surface area is 97.4 Å². The Kier molecular flexibility index (Phi) is 5.93. The summed E-state index contributed by atoms with van der Waals surface area (Å²) in [5.41, 5.74) is 0. The molecule has 1 amide bonds. The van der Waals surface area contributed by atoms with E-state index < -0.39 is 0 Å². The van der Waals surface area contributed by atoms with Gasteiger partial charge in [0.1, 0.15) is 0 Å². The van der Waals surface area contributed by atoms with Crippen LogP contribution in [-0.4, -0.2) is 31.6 Å². The van der Waals surface area contributed by atoms with Gasteiger partial charge in [0.05, 0.1) is 18.9 Å². The maximum atomic E-state index is 11.8. The number of hydrogen-bond acceptors (Lipinski definition) is 3. The van der Waals surface area contributed by atoms with Gasteiger partial charge in [-0.25, -0.2) is 0 Å². The molecule has 4 heteroatoms. The molecule has 1 aliphatic heterocycles. The lowest BCUT2D eigenvalue weighted by Gasteiger charge is -2.28. The van der Waals surface area contributed by atoms with Gasteiger partial charge < -0.3 is 15.4 Å². The van der Waals surface area contributed by atoms with Crippen LogP contribution in [0, 0.1) is 5.92 Å². The lowest BCUT2D eigenvalue weighted by atomic mass is 9.92. The molecule has 0 aromatic rings. The van der Waals surface area contributed by atoms with Crippen molar-refractivity contribution in [2.45, 2.75) is 32.2 Å². The number of ether oxygens (including phenoxy) is 1. The largest absolute Gasteiger partial charge is 0.502 e. The van der Waals surface area contributed by atoms with E-state index in [-0.39, 0.29) is 11.9 Å². The Morgan fingerprint density at radius 3 is 3.19 bits per heavy atom. The highest BCUT2D eigenvalue weighted by molar-refractivity contribution is 5.82. The highest BCUT2D eigenvalue weighted by atomic mass is 16.5. The standard InChI is InChI=1S/C12H22N2O2/c1-3-16-9-5-8-14-12(15)11-10(2)6-4-7-13-11/h3,10-11,13H,1,4-9H2,2H3,(H,14,15). The molecule has 0 aromatic carbocycles. The van der Waals surface area contributed by atoms with Crippen molar-refractivity contribution in [2.75, 3.05) is 19.7 Å². The maximum absolute atomic E-state index is 11.8. The van der Waals surface area contributed by atoms with Crippen molar-refractivity contribution in [3.8, 4) is 0 Å². The summed E-state index contributed by atoms with van der Waals surface area (Å²) in [4.78, 5) is 11.8. The molecule has 2 N–H and O–H groups in total. The molecule has 0 spiro atoms. The average Bonchev–Trinajstić information content (AvgIpc) is 2.29. The van der Waals surface area contributed by atoms with Crippen molar-refractivity contribution in [1.82, 2.24) is 10.6 Å². The van der Waals surface area contributed by atoms with E-state index in [2.05, 4.69) is 24.1 Å². The Hall–Kier alpha value is -1.03. The molecule has 1 rings (SSSR count). The smallest absolute Gasteiger partial charge is 0.237 e. The van der Waals surface area contributed by atoms with Crippen LogP contribution in [0.4, 0.5) is 0 Å². The van der Waals surface area contributed by atoms with Crippen molar-refractivity contribution in [3.05, 3.63) is 12.8 Å². The number of carbonyl (C=O) groups excluding carboxylic acids is 1. The zero-order chi connectivity index (χ0) is 11.8. The molecule has 1 heterocycles. The van der Waals surface area contributed by atoms with Crippen molar-refractivity contribution in [3.63, 3.8) is 0 Å². The normalized spacial score (nSPS) is 24.8. The third-order valence-electron chi connectivity index (χ3n) is 2.91. The summed E-state index contributed by atoms with van der Waals surface area (Å²) in [6, 6.07) is -0.0194. The van der Waals surface area contributed by atoms with Crippen LogP contribution in [0.1, 0.15) is 26.2 Å². The number of rotatable bonds is 6. The SMILES string of the molecule is C=COCCCNC(=O)C1NCCCC1C. The molecule has 1 aliphatic rings. The Morgan fingerprint density at radius 1 is 1.69 bits per heavy atom. The zero-order valence-corrected chi connectivity index (χ0v) is 10.00. The van der Waals surface area contributed by atoms with Gasteiger partial charge in [-0.1, -0.05) is 13.5 Å². The highest BCUT2D eigenvalue weighted by Gasteiger charge is 2.26. The Balaban J connectivity index is 2.15. The van der Waals surface area contributed by atoms with E-state index in [4.69, 9.17) is 4.74 Å². The molecule has 2 unspecified atom stereocenters. The summed E-state index contributed by atoms with van der Waals surface area (Å²) in [5, 5.41) is 6.19. The second kappa shape index (κ2) is 7.28. The van der Waals surface area contributed by atoms with E-state index in [1.807, 2.05) is 0 Å². The summed E-state index contributed by atoms with van der Waals surface area (Å²) in [5.74, 6) is 0.545. The first-order valence-electron chi connectivity index (χ1n) is 5.99. The van der Waals surface area contributed by atoms with Crippen LogP contribution in [0.15, 0.2) is 12.8 Å². The minimum absolute atomic E-state index is 0.0194. The van der Waals surface area contributed by atoms with Crippen LogP contribution in [0.25, 0.3) is 0 Å². The minimum Gasteiger partial charge on any atom is -0.502 e. The minimum atomic E-state index is -0.0194. The monoisotopic (exact) mass is 226 g/mol. The number of nitrogens with one attached hydrogen (secondary N) is 2. The topological polar surface area (TPSA) is 50.4 Å². The Bertz CT molecular complexity index is 231. The predicted molar refractivity (Wildman–Crippen MR) is 64.0 cm³/mol. The van der Waals surface area contributed by atoms with Gasteiger partial charge in [0, 0.05) is 6.54 Å². The van der Waals surface area contributed by atoms with E-state index in [1.165, 1.54) is 6.26 Å². The molecular formula is C12H22N2O2. The van der Waals surface area contributed by atoms with Gasteiger partial charge in [-0.15, -0.1) is 0 Å². The molecule has 16 heavy (non-hydrogen) atoms. The van der Waals surface area contributed by atoms with Crippen molar-refractivity contribution < 1.29 is 9.53 Å². The maximum Gasteiger partial charge on any atom is 0.237 e. The van der Waals surface area contributed by atoms with Crippen LogP contribution in [-0.2, 0) is 9.53 Å². The molecule has 0 saturated carbocycles. The van der Waals surface area contributed by atoms with E-state index in [1.54, 1.807) is 0 Å². The van der Waals surface area contributed by atoms with Gasteiger partial charge in [0.25, 0.3) is 0 Å². The van der Waals surface area contributed by atoms with Gasteiger partial charge >= 0.3 is 0 Å². The molecule has 0 radical (unpaired) electrons. The van der Waals surface area contributed by atoms with Crippen LogP contribution in [0.2, 0.25) is 0 Å². The summed E-state index contributed by atoms with van der Waals surface area (Å²) in [6.07, 6.45) is 4.54. The first-order valence-corrected chi connectivity index (χ1v) is 5.99. The molecule has 2 atom stereocenters. The fourth-order valence-corrected chi connectivity index (χ4v) is 1.96. The fourth-order valence-electron chi connectivity index (χ4n) is 1.96. The zero-order valence-electron chi connectivity index (χ0n) is 10.00. The van der Waals surface area contributed by atoms with Gasteiger partial charge in [-0.05, 0) is 31.7 Å². The van der Waals surface area contributed by atoms with Crippen molar-refractivity contribution >= 4 is 5.91 Å². The molecule has 1 saturated heterocycles. The first kappa shape index (κ1) is 13.0. The second-order valence-corrected chi connectivity index (χ2v) is 4.23. The summed E-state index contributed by atoms with van der Waals surface area (Å²) in [7, 11) is 0. The Morgan fingerprint density at radius 2 is 2.50 bits per heavy atom. The second-order valence-electron chi connectivity index (χ2n) is 4.23. The molecule has 1 fully saturated rings. The fraction of sp³-hybridized carbons (Fsp3) is 0.750. The van der Waals surface area contributed by atoms with Crippen molar-refractivity contribution in [2.24, 2.45) is 5.92 Å². The number of hydrogen-bond donors (Lipinski definition) is 2. The molecule has 0 bridgehead atoms. The molecule has 0 aromatic heterocycles. The molecular weight excluding hydrogens is 204 g/mol. The van der Waals surface area contributed by atoms with Gasteiger partial charge in [0.15, 0.2) is 0 Å². The molecule has 92 valence electrons. The molecule has 0 aliphatic carbocycles.